The molecule has 1 aliphatic carbocycles. The van der Waals surface area contributed by atoms with Crippen molar-refractivity contribution in [3.8, 4) is 0 Å². The molecule has 2 aromatic rings. The van der Waals surface area contributed by atoms with E-state index in [2.05, 4.69) is 87.4 Å². The summed E-state index contributed by atoms with van der Waals surface area (Å²) in [5, 5.41) is 3.84. The molecule has 2 aromatic carbocycles. The maximum atomic E-state index is 3.84. The largest absolute Gasteiger partial charge is 0.377 e. The average molecular weight is 421 g/mol. The van der Waals surface area contributed by atoms with Gasteiger partial charge in [-0.3, -0.25) is 0 Å². The van der Waals surface area contributed by atoms with Crippen LogP contribution in [0.2, 0.25) is 0 Å². The van der Waals surface area contributed by atoms with Gasteiger partial charge in [0, 0.05) is 8.95 Å². The predicted octanol–water partition coefficient (Wildman–Crippen LogP) is 6.22. The lowest BCUT2D eigenvalue weighted by Gasteiger charge is -2.49. The number of benzene rings is 2. The van der Waals surface area contributed by atoms with Gasteiger partial charge in [0.05, 0.1) is 11.7 Å². The molecule has 1 N–H and O–H groups in total. The molecular formula is C19H19Br2N. The summed E-state index contributed by atoms with van der Waals surface area (Å²) in [5.74, 6) is 0.612. The summed E-state index contributed by atoms with van der Waals surface area (Å²) in [6.07, 6.45) is 2.42. The lowest BCUT2D eigenvalue weighted by atomic mass is 9.61. The Morgan fingerprint density at radius 1 is 1.05 bits per heavy atom. The maximum absolute atomic E-state index is 3.84. The van der Waals surface area contributed by atoms with Gasteiger partial charge in [0.2, 0.25) is 0 Å². The van der Waals surface area contributed by atoms with Crippen molar-refractivity contribution >= 4 is 37.5 Å². The summed E-state index contributed by atoms with van der Waals surface area (Å²) < 4.78 is 2.36. The molecule has 1 nitrogen and oxygen atoms in total. The van der Waals surface area contributed by atoms with Gasteiger partial charge in [-0.25, -0.2) is 0 Å². The number of halogens is 2. The zero-order valence-electron chi connectivity index (χ0n) is 12.8. The molecule has 2 atom stereocenters. The molecule has 2 aliphatic rings. The molecule has 0 fully saturated rings. The second-order valence-electron chi connectivity index (χ2n) is 6.97. The average Bonchev–Trinajstić information content (AvgIpc) is 2.50. The Kier molecular flexibility index (Phi) is 3.43. The molecule has 0 radical (unpaired) electrons. The maximum Gasteiger partial charge on any atom is 0.0553 e. The molecule has 0 bridgehead atoms. The molecule has 0 unspecified atom stereocenters. The lowest BCUT2D eigenvalue weighted by Crippen LogP contribution is -2.44. The van der Waals surface area contributed by atoms with E-state index in [0.29, 0.717) is 12.0 Å². The molecule has 1 aliphatic heterocycles. The number of fused-ring (bicyclic) bond motifs is 4. The number of aryl methyl sites for hydroxylation is 1. The van der Waals surface area contributed by atoms with Crippen LogP contribution in [-0.4, -0.2) is 0 Å². The quantitative estimate of drug-likeness (QED) is 0.533. The van der Waals surface area contributed by atoms with Crippen LogP contribution in [0.5, 0.6) is 0 Å². The van der Waals surface area contributed by atoms with Crippen LogP contribution < -0.4 is 5.32 Å². The van der Waals surface area contributed by atoms with Crippen LogP contribution in [0.25, 0.3) is 0 Å². The van der Waals surface area contributed by atoms with Crippen LogP contribution in [0.4, 0.5) is 5.69 Å². The first kappa shape index (κ1) is 14.8. The van der Waals surface area contributed by atoms with Crippen molar-refractivity contribution in [3.63, 3.8) is 0 Å². The second-order valence-corrected chi connectivity index (χ2v) is 8.68. The zero-order valence-corrected chi connectivity index (χ0v) is 16.0. The van der Waals surface area contributed by atoms with E-state index in [0.717, 1.165) is 4.47 Å². The summed E-state index contributed by atoms with van der Waals surface area (Å²) in [4.78, 5) is 0. The zero-order chi connectivity index (χ0) is 15.5. The summed E-state index contributed by atoms with van der Waals surface area (Å²) >= 11 is 7.52. The first-order chi connectivity index (χ1) is 10.5. The SMILES string of the molecule is CC1(C)c2c(Br)ccc(Br)c2N[C@@H]2c3ccccc3CC[C@@H]21. The van der Waals surface area contributed by atoms with Crippen LogP contribution in [0.3, 0.4) is 0 Å². The molecule has 0 amide bonds. The van der Waals surface area contributed by atoms with Gasteiger partial charge < -0.3 is 5.32 Å². The minimum Gasteiger partial charge on any atom is -0.377 e. The molecule has 0 saturated heterocycles. The summed E-state index contributed by atoms with van der Waals surface area (Å²) in [6.45, 7) is 4.80. The Bertz CT molecular complexity index is 751. The fraction of sp³-hybridized carbons (Fsp3) is 0.368. The van der Waals surface area contributed by atoms with Crippen LogP contribution in [0.15, 0.2) is 45.3 Å². The molecule has 4 rings (SSSR count). The van der Waals surface area contributed by atoms with Crippen molar-refractivity contribution in [2.75, 3.05) is 5.32 Å². The van der Waals surface area contributed by atoms with Gasteiger partial charge in [-0.05, 0) is 68.9 Å². The van der Waals surface area contributed by atoms with E-state index in [1.165, 1.54) is 39.7 Å². The smallest absolute Gasteiger partial charge is 0.0553 e. The van der Waals surface area contributed by atoms with Crippen LogP contribution in [-0.2, 0) is 11.8 Å². The van der Waals surface area contributed by atoms with Gasteiger partial charge in [0.15, 0.2) is 0 Å². The molecule has 22 heavy (non-hydrogen) atoms. The lowest BCUT2D eigenvalue weighted by molar-refractivity contribution is 0.239. The van der Waals surface area contributed by atoms with Crippen molar-refractivity contribution in [1.82, 2.24) is 0 Å². The highest BCUT2D eigenvalue weighted by molar-refractivity contribution is 9.11. The van der Waals surface area contributed by atoms with Crippen molar-refractivity contribution in [2.45, 2.75) is 38.1 Å². The van der Waals surface area contributed by atoms with Crippen LogP contribution >= 0.6 is 31.9 Å². The van der Waals surface area contributed by atoms with E-state index in [1.807, 2.05) is 0 Å². The summed E-state index contributed by atoms with van der Waals surface area (Å²) in [7, 11) is 0. The van der Waals surface area contributed by atoms with E-state index >= 15 is 0 Å². The monoisotopic (exact) mass is 419 g/mol. The van der Waals surface area contributed by atoms with E-state index in [4.69, 9.17) is 0 Å². The van der Waals surface area contributed by atoms with Gasteiger partial charge in [-0.15, -0.1) is 0 Å². The highest BCUT2D eigenvalue weighted by atomic mass is 79.9. The summed E-state index contributed by atoms with van der Waals surface area (Å²) in [6, 6.07) is 13.6. The van der Waals surface area contributed by atoms with Gasteiger partial charge in [-0.1, -0.05) is 54.0 Å². The van der Waals surface area contributed by atoms with Gasteiger partial charge >= 0.3 is 0 Å². The Balaban J connectivity index is 1.93. The third kappa shape index (κ3) is 2.01. The topological polar surface area (TPSA) is 12.0 Å². The Morgan fingerprint density at radius 2 is 1.77 bits per heavy atom. The van der Waals surface area contributed by atoms with E-state index in [9.17, 15) is 0 Å². The third-order valence-electron chi connectivity index (χ3n) is 5.49. The predicted molar refractivity (Wildman–Crippen MR) is 99.5 cm³/mol. The summed E-state index contributed by atoms with van der Waals surface area (Å²) in [5.41, 5.74) is 5.77. The van der Waals surface area contributed by atoms with Crippen molar-refractivity contribution in [1.29, 1.82) is 0 Å². The third-order valence-corrected chi connectivity index (χ3v) is 6.81. The molecule has 1 heterocycles. The number of anilines is 1. The molecule has 0 spiro atoms. The van der Waals surface area contributed by atoms with Crippen LogP contribution in [0, 0.1) is 5.92 Å². The van der Waals surface area contributed by atoms with E-state index in [-0.39, 0.29) is 5.41 Å². The van der Waals surface area contributed by atoms with Crippen molar-refractivity contribution < 1.29 is 0 Å². The molecule has 0 aromatic heterocycles. The number of nitrogens with one attached hydrogen (secondary N) is 1. The van der Waals surface area contributed by atoms with E-state index < -0.39 is 0 Å². The fourth-order valence-electron chi connectivity index (χ4n) is 4.38. The van der Waals surface area contributed by atoms with Gasteiger partial charge in [-0.2, -0.15) is 0 Å². The second kappa shape index (κ2) is 5.10. The highest BCUT2D eigenvalue weighted by Gasteiger charge is 2.46. The molecule has 114 valence electrons. The number of hydrogen-bond acceptors (Lipinski definition) is 1. The Hall–Kier alpha value is -0.800. The molecular weight excluding hydrogens is 402 g/mol. The minimum atomic E-state index is 0.140. The first-order valence-corrected chi connectivity index (χ1v) is 9.41. The highest BCUT2D eigenvalue weighted by Crippen LogP contribution is 2.55. The number of rotatable bonds is 0. The minimum absolute atomic E-state index is 0.140. The number of hydrogen-bond donors (Lipinski definition) is 1. The van der Waals surface area contributed by atoms with E-state index in [1.54, 1.807) is 0 Å². The standard InChI is InChI=1S/C19H19Br2N/c1-19(2)13-8-7-11-5-3-4-6-12(11)17(13)22-18-15(21)10-9-14(20)16(18)19/h3-6,9-10,13,17,22H,7-8H2,1-2H3/t13-,17+/m0/s1. The van der Waals surface area contributed by atoms with Gasteiger partial charge in [0.1, 0.15) is 0 Å². The van der Waals surface area contributed by atoms with Crippen molar-refractivity contribution in [2.24, 2.45) is 5.92 Å². The molecule has 0 saturated carbocycles. The Morgan fingerprint density at radius 3 is 2.59 bits per heavy atom. The van der Waals surface area contributed by atoms with Gasteiger partial charge in [0.25, 0.3) is 0 Å². The van der Waals surface area contributed by atoms with Crippen LogP contribution in [0.1, 0.15) is 43.0 Å². The normalized spacial score (nSPS) is 24.7. The van der Waals surface area contributed by atoms with Crippen molar-refractivity contribution in [3.05, 3.63) is 62.0 Å². The first-order valence-electron chi connectivity index (χ1n) is 7.83. The Labute approximate surface area is 148 Å². The molecule has 3 heteroatoms. The fourth-order valence-corrected chi connectivity index (χ4v) is 5.67.